The van der Waals surface area contributed by atoms with Gasteiger partial charge in [-0.2, -0.15) is 0 Å². The molecule has 3 nitrogen and oxygen atoms in total. The third-order valence-corrected chi connectivity index (χ3v) is 4.02. The Bertz CT molecular complexity index is 584. The molecule has 4 heteroatoms. The Morgan fingerprint density at radius 1 is 1.10 bits per heavy atom. The Hall–Kier alpha value is -1.52. The first-order valence-electron chi connectivity index (χ1n) is 6.91. The fourth-order valence-electron chi connectivity index (χ4n) is 2.26. The molecule has 0 unspecified atom stereocenters. The van der Waals surface area contributed by atoms with Gasteiger partial charge in [0.15, 0.2) is 0 Å². The van der Waals surface area contributed by atoms with Gasteiger partial charge in [-0.1, -0.05) is 18.2 Å². The minimum atomic E-state index is 0.855. The number of benzene rings is 2. The average Bonchev–Trinajstić information content (AvgIpc) is 2.48. The Kier molecular flexibility index (Phi) is 5.65. The van der Waals surface area contributed by atoms with Gasteiger partial charge in [-0.3, -0.25) is 0 Å². The highest BCUT2D eigenvalue weighted by Crippen LogP contribution is 2.28. The van der Waals surface area contributed by atoms with E-state index < -0.39 is 0 Å². The van der Waals surface area contributed by atoms with E-state index in [0.717, 1.165) is 23.3 Å². The van der Waals surface area contributed by atoms with Gasteiger partial charge in [0, 0.05) is 24.6 Å². The van der Waals surface area contributed by atoms with E-state index in [1.54, 1.807) is 7.11 Å². The molecular formula is C17H21BrN2O. The molecule has 0 aliphatic heterocycles. The van der Waals surface area contributed by atoms with Crippen LogP contribution in [0.5, 0.6) is 5.75 Å². The normalized spacial score (nSPS) is 10.5. The molecule has 0 fully saturated rings. The fraction of sp³-hybridized carbons (Fsp3) is 0.294. The van der Waals surface area contributed by atoms with E-state index in [0.29, 0.717) is 0 Å². The van der Waals surface area contributed by atoms with Crippen molar-refractivity contribution in [1.82, 2.24) is 5.32 Å². The summed E-state index contributed by atoms with van der Waals surface area (Å²) < 4.78 is 6.30. The van der Waals surface area contributed by atoms with Crippen molar-refractivity contribution in [2.24, 2.45) is 0 Å². The smallest absolute Gasteiger partial charge is 0.118 e. The van der Waals surface area contributed by atoms with Crippen LogP contribution in [-0.4, -0.2) is 21.2 Å². The summed E-state index contributed by atoms with van der Waals surface area (Å²) in [5.41, 5.74) is 3.71. The second kappa shape index (κ2) is 7.48. The van der Waals surface area contributed by atoms with Crippen molar-refractivity contribution in [2.75, 3.05) is 26.1 Å². The van der Waals surface area contributed by atoms with E-state index in [-0.39, 0.29) is 0 Å². The molecule has 0 spiro atoms. The number of nitrogens with zero attached hydrogens (tertiary/aromatic N) is 1. The van der Waals surface area contributed by atoms with Crippen molar-refractivity contribution in [1.29, 1.82) is 0 Å². The molecule has 1 N–H and O–H groups in total. The number of methoxy groups -OCH3 is 1. The van der Waals surface area contributed by atoms with Crippen LogP contribution in [0.2, 0.25) is 0 Å². The minimum absolute atomic E-state index is 0.855. The first-order valence-corrected chi connectivity index (χ1v) is 7.70. The molecule has 0 aromatic heterocycles. The molecule has 0 aliphatic rings. The third kappa shape index (κ3) is 4.22. The SMILES string of the molecule is CNCc1ccc(N(C)Cc2ccc(OC)cc2)c(Br)c1. The van der Waals surface area contributed by atoms with Gasteiger partial charge < -0.3 is 15.0 Å². The van der Waals surface area contributed by atoms with Gasteiger partial charge in [0.2, 0.25) is 0 Å². The van der Waals surface area contributed by atoms with Gasteiger partial charge in [-0.25, -0.2) is 0 Å². The third-order valence-electron chi connectivity index (χ3n) is 3.38. The number of halogens is 1. The zero-order valence-electron chi connectivity index (χ0n) is 12.7. The number of hydrogen-bond acceptors (Lipinski definition) is 3. The maximum absolute atomic E-state index is 5.19. The number of ether oxygens (including phenoxy) is 1. The van der Waals surface area contributed by atoms with E-state index in [1.165, 1.54) is 16.8 Å². The molecule has 0 atom stereocenters. The summed E-state index contributed by atoms with van der Waals surface area (Å²) >= 11 is 3.66. The highest BCUT2D eigenvalue weighted by molar-refractivity contribution is 9.10. The van der Waals surface area contributed by atoms with Gasteiger partial charge in [0.1, 0.15) is 5.75 Å². The largest absolute Gasteiger partial charge is 0.497 e. The van der Waals surface area contributed by atoms with Gasteiger partial charge in [0.05, 0.1) is 12.8 Å². The van der Waals surface area contributed by atoms with Crippen LogP contribution in [0.1, 0.15) is 11.1 Å². The quantitative estimate of drug-likeness (QED) is 0.858. The number of rotatable bonds is 6. The fourth-order valence-corrected chi connectivity index (χ4v) is 2.99. The summed E-state index contributed by atoms with van der Waals surface area (Å²) in [6.45, 7) is 1.73. The molecule has 112 valence electrons. The van der Waals surface area contributed by atoms with Crippen LogP contribution in [0.4, 0.5) is 5.69 Å². The molecule has 2 aromatic carbocycles. The average molecular weight is 349 g/mol. The van der Waals surface area contributed by atoms with Crippen molar-refractivity contribution in [3.05, 3.63) is 58.1 Å². The van der Waals surface area contributed by atoms with E-state index in [9.17, 15) is 0 Å². The van der Waals surface area contributed by atoms with E-state index in [2.05, 4.69) is 63.5 Å². The van der Waals surface area contributed by atoms with E-state index in [1.807, 2.05) is 19.2 Å². The Morgan fingerprint density at radius 2 is 1.76 bits per heavy atom. The zero-order chi connectivity index (χ0) is 15.2. The molecular weight excluding hydrogens is 328 g/mol. The van der Waals surface area contributed by atoms with Gasteiger partial charge in [0.25, 0.3) is 0 Å². The standard InChI is InChI=1S/C17H21BrN2O/c1-19-11-14-6-9-17(16(18)10-14)20(2)12-13-4-7-15(21-3)8-5-13/h4-10,19H,11-12H2,1-3H3. The van der Waals surface area contributed by atoms with Crippen LogP contribution in [0.15, 0.2) is 46.9 Å². The lowest BCUT2D eigenvalue weighted by molar-refractivity contribution is 0.414. The van der Waals surface area contributed by atoms with Crippen molar-refractivity contribution < 1.29 is 4.74 Å². The highest BCUT2D eigenvalue weighted by Gasteiger charge is 2.07. The Balaban J connectivity index is 2.10. The topological polar surface area (TPSA) is 24.5 Å². The van der Waals surface area contributed by atoms with Crippen LogP contribution in [-0.2, 0) is 13.1 Å². The van der Waals surface area contributed by atoms with Crippen molar-refractivity contribution in [2.45, 2.75) is 13.1 Å². The number of anilines is 1. The molecule has 0 heterocycles. The van der Waals surface area contributed by atoms with Crippen molar-refractivity contribution in [3.63, 3.8) is 0 Å². The predicted octanol–water partition coefficient (Wildman–Crippen LogP) is 3.81. The Labute approximate surface area is 135 Å². The van der Waals surface area contributed by atoms with Crippen LogP contribution in [0.25, 0.3) is 0 Å². The summed E-state index contributed by atoms with van der Waals surface area (Å²) in [5.74, 6) is 0.888. The van der Waals surface area contributed by atoms with Gasteiger partial charge in [-0.05, 0) is 58.4 Å². The molecule has 0 aliphatic carbocycles. The lowest BCUT2D eigenvalue weighted by Crippen LogP contribution is -2.17. The van der Waals surface area contributed by atoms with Crippen LogP contribution in [0, 0.1) is 0 Å². The molecule has 0 amide bonds. The molecule has 0 saturated heterocycles. The summed E-state index contributed by atoms with van der Waals surface area (Å²) in [6, 6.07) is 14.7. The van der Waals surface area contributed by atoms with Crippen molar-refractivity contribution >= 4 is 21.6 Å². The maximum Gasteiger partial charge on any atom is 0.118 e. The van der Waals surface area contributed by atoms with E-state index in [4.69, 9.17) is 4.74 Å². The minimum Gasteiger partial charge on any atom is -0.497 e. The van der Waals surface area contributed by atoms with Crippen LogP contribution >= 0.6 is 15.9 Å². The molecule has 0 bridgehead atoms. The molecule has 0 radical (unpaired) electrons. The second-order valence-corrected chi connectivity index (χ2v) is 5.87. The zero-order valence-corrected chi connectivity index (χ0v) is 14.3. The monoisotopic (exact) mass is 348 g/mol. The summed E-state index contributed by atoms with van der Waals surface area (Å²) in [5, 5.41) is 3.16. The van der Waals surface area contributed by atoms with Gasteiger partial charge >= 0.3 is 0 Å². The summed E-state index contributed by atoms with van der Waals surface area (Å²) in [6.07, 6.45) is 0. The first kappa shape index (κ1) is 15.9. The molecule has 2 rings (SSSR count). The van der Waals surface area contributed by atoms with Crippen LogP contribution in [0.3, 0.4) is 0 Å². The lowest BCUT2D eigenvalue weighted by Gasteiger charge is -2.21. The number of nitrogens with one attached hydrogen (secondary N) is 1. The molecule has 0 saturated carbocycles. The van der Waals surface area contributed by atoms with Crippen molar-refractivity contribution in [3.8, 4) is 5.75 Å². The second-order valence-electron chi connectivity index (χ2n) is 5.02. The number of hydrogen-bond donors (Lipinski definition) is 1. The summed E-state index contributed by atoms with van der Waals surface area (Å²) in [4.78, 5) is 2.23. The molecule has 2 aromatic rings. The lowest BCUT2D eigenvalue weighted by atomic mass is 10.1. The molecule has 21 heavy (non-hydrogen) atoms. The Morgan fingerprint density at radius 3 is 2.33 bits per heavy atom. The van der Waals surface area contributed by atoms with E-state index >= 15 is 0 Å². The maximum atomic E-state index is 5.19. The first-order chi connectivity index (χ1) is 10.1. The predicted molar refractivity (Wildman–Crippen MR) is 92.0 cm³/mol. The van der Waals surface area contributed by atoms with Gasteiger partial charge in [-0.15, -0.1) is 0 Å². The highest BCUT2D eigenvalue weighted by atomic mass is 79.9. The summed E-state index contributed by atoms with van der Waals surface area (Å²) in [7, 11) is 5.74. The van der Waals surface area contributed by atoms with Crippen LogP contribution < -0.4 is 15.0 Å².